The molecule has 1 fully saturated rings. The molecule has 2 amide bonds. The average molecular weight is 546 g/mol. The van der Waals surface area contributed by atoms with Gasteiger partial charge in [0.15, 0.2) is 6.61 Å². The van der Waals surface area contributed by atoms with E-state index in [1.165, 1.54) is 12.0 Å². The second-order valence-electron chi connectivity index (χ2n) is 9.04. The Bertz CT molecular complexity index is 973. The number of hydrogen-bond acceptors (Lipinski definition) is 4. The first-order valence-electron chi connectivity index (χ1n) is 12.6. The molecule has 7 heteroatoms. The van der Waals surface area contributed by atoms with Crippen LogP contribution in [0.2, 0.25) is 0 Å². The van der Waals surface area contributed by atoms with E-state index < -0.39 is 6.04 Å². The van der Waals surface area contributed by atoms with Gasteiger partial charge in [-0.25, -0.2) is 0 Å². The Morgan fingerprint density at radius 1 is 1.06 bits per heavy atom. The summed E-state index contributed by atoms with van der Waals surface area (Å²) in [6.45, 7) is 4.21. The van der Waals surface area contributed by atoms with Crippen molar-refractivity contribution >= 4 is 27.7 Å². The van der Waals surface area contributed by atoms with Gasteiger partial charge in [0.25, 0.3) is 5.91 Å². The number of nitrogens with zero attached hydrogens (tertiary/aromatic N) is 1. The van der Waals surface area contributed by atoms with Gasteiger partial charge < -0.3 is 19.7 Å². The number of carbonyl (C=O) groups excluding carboxylic acids is 2. The van der Waals surface area contributed by atoms with E-state index in [-0.39, 0.29) is 24.5 Å². The summed E-state index contributed by atoms with van der Waals surface area (Å²) in [4.78, 5) is 28.4. The van der Waals surface area contributed by atoms with Crippen LogP contribution in [0.1, 0.15) is 63.5 Å². The van der Waals surface area contributed by atoms with Crippen LogP contribution < -0.4 is 14.8 Å². The van der Waals surface area contributed by atoms with Crippen molar-refractivity contribution in [3.05, 3.63) is 58.1 Å². The van der Waals surface area contributed by atoms with Gasteiger partial charge in [-0.1, -0.05) is 51.3 Å². The maximum absolute atomic E-state index is 13.5. The van der Waals surface area contributed by atoms with E-state index in [1.807, 2.05) is 49.4 Å². The summed E-state index contributed by atoms with van der Waals surface area (Å²) >= 11 is 3.54. The number of methoxy groups -OCH3 is 1. The normalized spacial score (nSPS) is 14.7. The lowest BCUT2D eigenvalue weighted by molar-refractivity contribution is -0.143. The minimum atomic E-state index is -0.568. The van der Waals surface area contributed by atoms with Gasteiger partial charge in [0.05, 0.1) is 11.6 Å². The molecule has 0 bridgehead atoms. The highest BCUT2D eigenvalue weighted by Crippen LogP contribution is 2.27. The van der Waals surface area contributed by atoms with Crippen molar-refractivity contribution in [3.63, 3.8) is 0 Å². The molecular formula is C28H37BrN2O4. The molecule has 1 aliphatic rings. The van der Waals surface area contributed by atoms with E-state index in [0.29, 0.717) is 18.7 Å². The number of rotatable bonds is 11. The zero-order valence-electron chi connectivity index (χ0n) is 21.0. The minimum absolute atomic E-state index is 0.0882. The van der Waals surface area contributed by atoms with E-state index in [9.17, 15) is 9.59 Å². The summed E-state index contributed by atoms with van der Waals surface area (Å²) < 4.78 is 12.0. The number of nitrogens with one attached hydrogen (secondary N) is 1. The molecular weight excluding hydrogens is 508 g/mol. The summed E-state index contributed by atoms with van der Waals surface area (Å²) in [7, 11) is 1.62. The van der Waals surface area contributed by atoms with E-state index in [1.54, 1.807) is 12.0 Å². The Kier molecular flexibility index (Phi) is 10.5. The fourth-order valence-corrected chi connectivity index (χ4v) is 5.04. The second-order valence-corrected chi connectivity index (χ2v) is 9.90. The highest BCUT2D eigenvalue weighted by molar-refractivity contribution is 9.10. The van der Waals surface area contributed by atoms with Crippen LogP contribution >= 0.6 is 15.9 Å². The maximum Gasteiger partial charge on any atom is 0.261 e. The van der Waals surface area contributed by atoms with Crippen molar-refractivity contribution < 1.29 is 19.1 Å². The molecule has 1 N–H and O–H groups in total. The van der Waals surface area contributed by atoms with Crippen molar-refractivity contribution in [1.82, 2.24) is 10.2 Å². The second kappa shape index (κ2) is 13.5. The fraction of sp³-hybridized carbons (Fsp3) is 0.500. The van der Waals surface area contributed by atoms with Gasteiger partial charge in [0.2, 0.25) is 5.91 Å². The third-order valence-electron chi connectivity index (χ3n) is 6.61. The van der Waals surface area contributed by atoms with Gasteiger partial charge in [-0.2, -0.15) is 0 Å². The van der Waals surface area contributed by atoms with Crippen LogP contribution in [0, 0.1) is 0 Å². The quantitative estimate of drug-likeness (QED) is 0.396. The summed E-state index contributed by atoms with van der Waals surface area (Å²) in [6.07, 6.45) is 6.93. The van der Waals surface area contributed by atoms with E-state index >= 15 is 0 Å². The molecule has 0 radical (unpaired) electrons. The molecule has 0 aliphatic heterocycles. The fourth-order valence-electron chi connectivity index (χ4n) is 4.50. The first-order chi connectivity index (χ1) is 16.9. The zero-order chi connectivity index (χ0) is 25.2. The number of amides is 2. The largest absolute Gasteiger partial charge is 0.497 e. The molecule has 0 unspecified atom stereocenters. The SMILES string of the molecule is CCc1ccc(OCC(=O)N(Cc2ccc(OC)cc2)[C@H](CC)C(=O)NC2CCCCC2)c(Br)c1. The summed E-state index contributed by atoms with van der Waals surface area (Å²) in [5, 5.41) is 3.20. The predicted octanol–water partition coefficient (Wildman–Crippen LogP) is 5.66. The molecule has 3 rings (SSSR count). The summed E-state index contributed by atoms with van der Waals surface area (Å²) in [5.74, 6) is 1.05. The van der Waals surface area contributed by atoms with Crippen LogP contribution in [-0.2, 0) is 22.6 Å². The lowest BCUT2D eigenvalue weighted by atomic mass is 9.95. The lowest BCUT2D eigenvalue weighted by Gasteiger charge is -2.32. The van der Waals surface area contributed by atoms with E-state index in [0.717, 1.165) is 47.9 Å². The molecule has 0 spiro atoms. The Morgan fingerprint density at radius 2 is 1.74 bits per heavy atom. The molecule has 0 heterocycles. The van der Waals surface area contributed by atoms with Gasteiger partial charge in [-0.15, -0.1) is 0 Å². The van der Waals surface area contributed by atoms with Crippen LogP contribution in [0.3, 0.4) is 0 Å². The smallest absolute Gasteiger partial charge is 0.261 e. The number of ether oxygens (including phenoxy) is 2. The van der Waals surface area contributed by atoms with Crippen molar-refractivity contribution in [2.24, 2.45) is 0 Å². The van der Waals surface area contributed by atoms with E-state index in [2.05, 4.69) is 28.2 Å². The van der Waals surface area contributed by atoms with Crippen molar-refractivity contribution in [2.75, 3.05) is 13.7 Å². The first-order valence-corrected chi connectivity index (χ1v) is 13.4. The van der Waals surface area contributed by atoms with Crippen LogP contribution in [0.5, 0.6) is 11.5 Å². The van der Waals surface area contributed by atoms with Crippen LogP contribution in [0.15, 0.2) is 46.9 Å². The van der Waals surface area contributed by atoms with Crippen molar-refractivity contribution in [2.45, 2.75) is 77.4 Å². The Hall–Kier alpha value is -2.54. The Labute approximate surface area is 217 Å². The molecule has 6 nitrogen and oxygen atoms in total. The molecule has 1 aliphatic carbocycles. The highest BCUT2D eigenvalue weighted by atomic mass is 79.9. The number of aryl methyl sites for hydroxylation is 1. The third-order valence-corrected chi connectivity index (χ3v) is 7.22. The number of halogens is 1. The third kappa shape index (κ3) is 7.72. The highest BCUT2D eigenvalue weighted by Gasteiger charge is 2.30. The predicted molar refractivity (Wildman–Crippen MR) is 142 cm³/mol. The Balaban J connectivity index is 1.76. The van der Waals surface area contributed by atoms with Gasteiger partial charge in [-0.05, 0) is 77.0 Å². The summed E-state index contributed by atoms with van der Waals surface area (Å²) in [6, 6.07) is 13.1. The molecule has 0 aromatic heterocycles. The maximum atomic E-state index is 13.5. The monoisotopic (exact) mass is 544 g/mol. The van der Waals surface area contributed by atoms with Crippen molar-refractivity contribution in [1.29, 1.82) is 0 Å². The number of benzene rings is 2. The minimum Gasteiger partial charge on any atom is -0.497 e. The zero-order valence-corrected chi connectivity index (χ0v) is 22.6. The van der Waals surface area contributed by atoms with Crippen LogP contribution in [-0.4, -0.2) is 42.5 Å². The van der Waals surface area contributed by atoms with Crippen LogP contribution in [0.25, 0.3) is 0 Å². The lowest BCUT2D eigenvalue weighted by Crippen LogP contribution is -2.52. The molecule has 2 aromatic carbocycles. The topological polar surface area (TPSA) is 67.9 Å². The summed E-state index contributed by atoms with van der Waals surface area (Å²) in [5.41, 5.74) is 2.11. The van der Waals surface area contributed by atoms with Gasteiger partial charge >= 0.3 is 0 Å². The molecule has 0 saturated heterocycles. The number of hydrogen-bond donors (Lipinski definition) is 1. The van der Waals surface area contributed by atoms with Crippen LogP contribution in [0.4, 0.5) is 0 Å². The standard InChI is InChI=1S/C28H37BrN2O4/c1-4-20-13-16-26(24(29)17-20)35-19-27(32)31(18-21-11-14-23(34-3)15-12-21)25(5-2)28(33)30-22-9-7-6-8-10-22/h11-17,22,25H,4-10,18-19H2,1-3H3,(H,30,33)/t25-/m1/s1. The molecule has 35 heavy (non-hydrogen) atoms. The van der Waals surface area contributed by atoms with Gasteiger partial charge in [0.1, 0.15) is 17.5 Å². The van der Waals surface area contributed by atoms with Gasteiger partial charge in [-0.3, -0.25) is 9.59 Å². The molecule has 1 atom stereocenters. The Morgan fingerprint density at radius 3 is 2.34 bits per heavy atom. The number of carbonyl (C=O) groups is 2. The molecule has 1 saturated carbocycles. The molecule has 2 aromatic rings. The first kappa shape index (κ1) is 27.1. The van der Waals surface area contributed by atoms with Gasteiger partial charge in [0, 0.05) is 12.6 Å². The average Bonchev–Trinajstić information content (AvgIpc) is 2.88. The van der Waals surface area contributed by atoms with E-state index in [4.69, 9.17) is 9.47 Å². The van der Waals surface area contributed by atoms with Crippen molar-refractivity contribution in [3.8, 4) is 11.5 Å². The molecule has 190 valence electrons.